The van der Waals surface area contributed by atoms with E-state index in [0.29, 0.717) is 16.9 Å². The number of carbonyl (C=O) groups excluding carboxylic acids is 1. The molecule has 142 valence electrons. The van der Waals surface area contributed by atoms with E-state index < -0.39 is 0 Å². The molecule has 4 heteroatoms. The second kappa shape index (κ2) is 6.99. The molecule has 0 N–H and O–H groups in total. The summed E-state index contributed by atoms with van der Waals surface area (Å²) in [5, 5.41) is 0.895. The molecule has 0 saturated carbocycles. The van der Waals surface area contributed by atoms with Gasteiger partial charge in [-0.15, -0.1) is 0 Å². The van der Waals surface area contributed by atoms with Crippen LogP contribution in [0, 0.1) is 0 Å². The fourth-order valence-corrected chi connectivity index (χ4v) is 3.66. The molecule has 29 heavy (non-hydrogen) atoms. The number of methoxy groups -OCH3 is 1. The van der Waals surface area contributed by atoms with E-state index in [-0.39, 0.29) is 5.78 Å². The predicted molar refractivity (Wildman–Crippen MR) is 112 cm³/mol. The van der Waals surface area contributed by atoms with Gasteiger partial charge in [0.2, 0.25) is 5.78 Å². The summed E-state index contributed by atoms with van der Waals surface area (Å²) in [6, 6.07) is 20.8. The van der Waals surface area contributed by atoms with Gasteiger partial charge in [0, 0.05) is 22.6 Å². The molecule has 4 nitrogen and oxygen atoms in total. The molecule has 1 aliphatic heterocycles. The highest BCUT2D eigenvalue weighted by atomic mass is 16.5. The summed E-state index contributed by atoms with van der Waals surface area (Å²) in [6.07, 6.45) is 4.43. The Balaban J connectivity index is 1.75. The number of carbonyl (C=O) groups is 1. The minimum Gasteiger partial charge on any atom is -0.497 e. The molecular weight excluding hydrogens is 364 g/mol. The van der Waals surface area contributed by atoms with Crippen molar-refractivity contribution >= 4 is 16.8 Å². The molecule has 1 aliphatic rings. The van der Waals surface area contributed by atoms with Gasteiger partial charge in [-0.05, 0) is 41.8 Å². The molecule has 2 heterocycles. The highest BCUT2D eigenvalue weighted by molar-refractivity contribution is 6.15. The van der Waals surface area contributed by atoms with Crippen molar-refractivity contribution in [3.05, 3.63) is 96.0 Å². The molecule has 3 aromatic carbocycles. The first-order valence-corrected chi connectivity index (χ1v) is 9.40. The van der Waals surface area contributed by atoms with E-state index in [0.717, 1.165) is 40.0 Å². The molecule has 5 rings (SSSR count). The Morgan fingerprint density at radius 2 is 1.79 bits per heavy atom. The van der Waals surface area contributed by atoms with Gasteiger partial charge in [0.1, 0.15) is 17.1 Å². The lowest BCUT2D eigenvalue weighted by molar-refractivity contribution is 0.101. The third kappa shape index (κ3) is 2.99. The van der Waals surface area contributed by atoms with E-state index >= 15 is 0 Å². The number of furan rings is 1. The van der Waals surface area contributed by atoms with Gasteiger partial charge in [-0.3, -0.25) is 4.79 Å². The largest absolute Gasteiger partial charge is 0.497 e. The fraction of sp³-hybridized carbons (Fsp3) is 0.0800. The first-order valence-electron chi connectivity index (χ1n) is 9.40. The second-order valence-electron chi connectivity index (χ2n) is 6.88. The fourth-order valence-electron chi connectivity index (χ4n) is 3.66. The van der Waals surface area contributed by atoms with Crippen LogP contribution in [0.5, 0.6) is 11.5 Å². The molecule has 0 unspecified atom stereocenters. The summed E-state index contributed by atoms with van der Waals surface area (Å²) in [4.78, 5) is 13.3. The molecule has 1 aromatic heterocycles. The number of ether oxygens (including phenoxy) is 2. The van der Waals surface area contributed by atoms with E-state index in [1.54, 1.807) is 25.5 Å². The molecular formula is C25H18O4. The number of ketones is 1. The molecule has 0 saturated heterocycles. The number of fused-ring (bicyclic) bond motifs is 2. The van der Waals surface area contributed by atoms with Crippen LogP contribution in [0.4, 0.5) is 0 Å². The molecule has 0 radical (unpaired) electrons. The maximum atomic E-state index is 13.3. The third-order valence-corrected chi connectivity index (χ3v) is 5.12. The van der Waals surface area contributed by atoms with Crippen LogP contribution in [0.25, 0.3) is 22.1 Å². The van der Waals surface area contributed by atoms with E-state index in [4.69, 9.17) is 13.9 Å². The maximum absolute atomic E-state index is 13.3. The minimum absolute atomic E-state index is 0.148. The molecule has 0 bridgehead atoms. The van der Waals surface area contributed by atoms with E-state index in [2.05, 4.69) is 6.07 Å². The van der Waals surface area contributed by atoms with Crippen LogP contribution in [0.3, 0.4) is 0 Å². The zero-order valence-electron chi connectivity index (χ0n) is 15.8. The van der Waals surface area contributed by atoms with Crippen molar-refractivity contribution in [2.75, 3.05) is 7.11 Å². The first kappa shape index (κ1) is 17.3. The topological polar surface area (TPSA) is 48.7 Å². The van der Waals surface area contributed by atoms with E-state index in [1.807, 2.05) is 54.6 Å². The van der Waals surface area contributed by atoms with Crippen LogP contribution in [0.15, 0.2) is 83.5 Å². The minimum atomic E-state index is -0.148. The van der Waals surface area contributed by atoms with Crippen LogP contribution in [-0.4, -0.2) is 12.9 Å². The summed E-state index contributed by atoms with van der Waals surface area (Å²) >= 11 is 0. The van der Waals surface area contributed by atoms with Crippen molar-refractivity contribution in [3.63, 3.8) is 0 Å². The normalized spacial score (nSPS) is 12.4. The van der Waals surface area contributed by atoms with Gasteiger partial charge >= 0.3 is 0 Å². The zero-order chi connectivity index (χ0) is 19.8. The Morgan fingerprint density at radius 3 is 2.55 bits per heavy atom. The third-order valence-electron chi connectivity index (χ3n) is 5.12. The Hall–Kier alpha value is -3.79. The molecule has 0 fully saturated rings. The lowest BCUT2D eigenvalue weighted by Crippen LogP contribution is -2.01. The maximum Gasteiger partial charge on any atom is 0.228 e. The van der Waals surface area contributed by atoms with Crippen molar-refractivity contribution in [1.82, 2.24) is 0 Å². The van der Waals surface area contributed by atoms with Crippen molar-refractivity contribution in [2.24, 2.45) is 0 Å². The van der Waals surface area contributed by atoms with Gasteiger partial charge in [0.15, 0.2) is 5.76 Å². The monoisotopic (exact) mass is 382 g/mol. The predicted octanol–water partition coefficient (Wildman–Crippen LogP) is 5.79. The summed E-state index contributed by atoms with van der Waals surface area (Å²) in [5.74, 6) is 1.69. The number of allylic oxidation sites excluding steroid dienone is 1. The van der Waals surface area contributed by atoms with Gasteiger partial charge in [-0.1, -0.05) is 42.5 Å². The zero-order valence-corrected chi connectivity index (χ0v) is 15.8. The van der Waals surface area contributed by atoms with Crippen LogP contribution < -0.4 is 9.47 Å². The highest BCUT2D eigenvalue weighted by Gasteiger charge is 2.24. The van der Waals surface area contributed by atoms with Crippen molar-refractivity contribution < 1.29 is 18.7 Å². The Labute approximate surface area is 168 Å². The average molecular weight is 382 g/mol. The summed E-state index contributed by atoms with van der Waals surface area (Å²) in [5.41, 5.74) is 3.97. The average Bonchev–Trinajstić information content (AvgIpc) is 3.15. The molecule has 0 aliphatic carbocycles. The molecule has 0 spiro atoms. The number of benzene rings is 3. The van der Waals surface area contributed by atoms with Crippen LogP contribution in [0.1, 0.15) is 21.7 Å². The van der Waals surface area contributed by atoms with Crippen molar-refractivity contribution in [1.29, 1.82) is 0 Å². The number of hydrogen-bond acceptors (Lipinski definition) is 4. The summed E-state index contributed by atoms with van der Waals surface area (Å²) in [7, 11) is 1.63. The standard InChI is InChI=1S/C25H18O4/c1-27-19-11-9-16(10-12-19)23-20-14-18-8-5-13-28-21(18)15-22(20)29-25(23)24(26)17-6-3-2-4-7-17/h2-7,9-15H,8H2,1H3. The molecule has 0 amide bonds. The first-order chi connectivity index (χ1) is 14.2. The quantitative estimate of drug-likeness (QED) is 0.419. The highest BCUT2D eigenvalue weighted by Crippen LogP contribution is 2.40. The van der Waals surface area contributed by atoms with Crippen molar-refractivity contribution in [3.8, 4) is 22.6 Å². The van der Waals surface area contributed by atoms with Gasteiger partial charge in [-0.25, -0.2) is 0 Å². The molecule has 0 atom stereocenters. The smallest absolute Gasteiger partial charge is 0.228 e. The summed E-state index contributed by atoms with van der Waals surface area (Å²) in [6.45, 7) is 0. The van der Waals surface area contributed by atoms with E-state index in [9.17, 15) is 4.79 Å². The van der Waals surface area contributed by atoms with Crippen LogP contribution in [0.2, 0.25) is 0 Å². The van der Waals surface area contributed by atoms with E-state index in [1.165, 1.54) is 0 Å². The Morgan fingerprint density at radius 1 is 1.00 bits per heavy atom. The Bertz CT molecular complexity index is 1230. The SMILES string of the molecule is COc1ccc(-c2c(C(=O)c3ccccc3)oc3cc4c(cc23)CC=CO4)cc1. The van der Waals surface area contributed by atoms with Crippen LogP contribution >= 0.6 is 0 Å². The number of hydrogen-bond donors (Lipinski definition) is 0. The second-order valence-corrected chi connectivity index (χ2v) is 6.88. The van der Waals surface area contributed by atoms with Gasteiger partial charge in [-0.2, -0.15) is 0 Å². The lowest BCUT2D eigenvalue weighted by Gasteiger charge is -2.11. The van der Waals surface area contributed by atoms with Gasteiger partial charge < -0.3 is 13.9 Å². The Kier molecular flexibility index (Phi) is 4.17. The molecule has 4 aromatic rings. The van der Waals surface area contributed by atoms with Crippen molar-refractivity contribution in [2.45, 2.75) is 6.42 Å². The van der Waals surface area contributed by atoms with Crippen LogP contribution in [-0.2, 0) is 6.42 Å². The van der Waals surface area contributed by atoms with Gasteiger partial charge in [0.25, 0.3) is 0 Å². The summed E-state index contributed by atoms with van der Waals surface area (Å²) < 4.78 is 17.0. The lowest BCUT2D eigenvalue weighted by atomic mass is 9.96. The van der Waals surface area contributed by atoms with Gasteiger partial charge in [0.05, 0.1) is 13.4 Å². The number of rotatable bonds is 4.